The summed E-state index contributed by atoms with van der Waals surface area (Å²) in [5, 5.41) is 0. The third-order valence-electron chi connectivity index (χ3n) is 2.51. The average Bonchev–Trinajstić information content (AvgIpc) is 2.06. The molecule has 0 bridgehead atoms. The second-order valence-electron chi connectivity index (χ2n) is 3.38. The maximum absolute atomic E-state index is 10.8. The Morgan fingerprint density at radius 3 is 2.00 bits per heavy atom. The highest BCUT2D eigenvalue weighted by atomic mass is 32.2. The lowest BCUT2D eigenvalue weighted by Crippen LogP contribution is -2.26. The lowest BCUT2D eigenvalue weighted by atomic mass is 9.73. The van der Waals surface area contributed by atoms with Crippen molar-refractivity contribution in [3.05, 3.63) is 0 Å². The van der Waals surface area contributed by atoms with E-state index in [0.717, 1.165) is 19.1 Å². The van der Waals surface area contributed by atoms with E-state index in [1.165, 1.54) is 0 Å². The maximum Gasteiger partial charge on any atom is 0.264 e. The summed E-state index contributed by atoms with van der Waals surface area (Å²) in [6, 6.07) is 0. The Bertz CT molecular complexity index is 224. The van der Waals surface area contributed by atoms with Crippen LogP contribution >= 0.6 is 0 Å². The summed E-state index contributed by atoms with van der Waals surface area (Å²) >= 11 is 0. The zero-order valence-electron chi connectivity index (χ0n) is 8.54. The van der Waals surface area contributed by atoms with Crippen molar-refractivity contribution in [1.82, 2.24) is 0 Å². The SMILES string of the molecule is [B]CC(CC)(CC)COS(C)(=O)=O. The first-order chi connectivity index (χ1) is 5.89. The van der Waals surface area contributed by atoms with Gasteiger partial charge >= 0.3 is 0 Å². The Kier molecular flexibility index (Phi) is 5.00. The Morgan fingerprint density at radius 1 is 1.31 bits per heavy atom. The molecule has 0 heterocycles. The summed E-state index contributed by atoms with van der Waals surface area (Å²) in [5.74, 6) is 0. The largest absolute Gasteiger partial charge is 0.270 e. The van der Waals surface area contributed by atoms with E-state index in [2.05, 4.69) is 0 Å². The van der Waals surface area contributed by atoms with Crippen LogP contribution in [0.2, 0.25) is 6.32 Å². The second kappa shape index (κ2) is 5.01. The van der Waals surface area contributed by atoms with Gasteiger partial charge in [0.05, 0.1) is 20.7 Å². The van der Waals surface area contributed by atoms with Gasteiger partial charge in [-0.25, -0.2) is 0 Å². The van der Waals surface area contributed by atoms with E-state index in [9.17, 15) is 8.42 Å². The molecule has 0 aromatic rings. The van der Waals surface area contributed by atoms with Gasteiger partial charge in [0.2, 0.25) is 0 Å². The highest BCUT2D eigenvalue weighted by Crippen LogP contribution is 2.30. The van der Waals surface area contributed by atoms with E-state index in [1.807, 2.05) is 13.8 Å². The third kappa shape index (κ3) is 4.67. The molecule has 0 rings (SSSR count). The monoisotopic (exact) mass is 204 g/mol. The normalized spacial score (nSPS) is 13.2. The zero-order chi connectivity index (χ0) is 10.5. The Labute approximate surface area is 82.4 Å². The maximum atomic E-state index is 10.8. The summed E-state index contributed by atoms with van der Waals surface area (Å²) in [7, 11) is 2.24. The minimum absolute atomic E-state index is 0.190. The van der Waals surface area contributed by atoms with Gasteiger partial charge in [-0.05, 0) is 18.3 Å². The average molecular weight is 204 g/mol. The first-order valence-corrected chi connectivity index (χ1v) is 6.25. The van der Waals surface area contributed by atoms with E-state index in [1.54, 1.807) is 0 Å². The molecule has 0 amide bonds. The van der Waals surface area contributed by atoms with Gasteiger partial charge in [-0.1, -0.05) is 20.2 Å². The number of rotatable bonds is 6. The van der Waals surface area contributed by atoms with Gasteiger partial charge in [0.15, 0.2) is 0 Å². The summed E-state index contributed by atoms with van der Waals surface area (Å²) in [6.07, 6.45) is 3.17. The molecule has 0 fully saturated rings. The fourth-order valence-corrected chi connectivity index (χ4v) is 1.50. The lowest BCUT2D eigenvalue weighted by Gasteiger charge is -2.29. The van der Waals surface area contributed by atoms with Crippen molar-refractivity contribution in [3.63, 3.8) is 0 Å². The van der Waals surface area contributed by atoms with Gasteiger partial charge in [-0.15, -0.1) is 0 Å². The Morgan fingerprint density at radius 2 is 1.77 bits per heavy atom. The topological polar surface area (TPSA) is 43.4 Å². The number of hydrogen-bond acceptors (Lipinski definition) is 3. The molecule has 0 saturated heterocycles. The quantitative estimate of drug-likeness (QED) is 0.484. The van der Waals surface area contributed by atoms with Crippen molar-refractivity contribution in [2.45, 2.75) is 33.0 Å². The van der Waals surface area contributed by atoms with E-state index < -0.39 is 10.1 Å². The van der Waals surface area contributed by atoms with E-state index in [4.69, 9.17) is 12.0 Å². The number of hydrogen-bond donors (Lipinski definition) is 0. The van der Waals surface area contributed by atoms with E-state index in [-0.39, 0.29) is 12.0 Å². The van der Waals surface area contributed by atoms with Crippen LogP contribution in [0.15, 0.2) is 0 Å². The second-order valence-corrected chi connectivity index (χ2v) is 5.02. The predicted octanol–water partition coefficient (Wildman–Crippen LogP) is 1.36. The molecule has 0 spiro atoms. The molecule has 0 atom stereocenters. The van der Waals surface area contributed by atoms with Crippen LogP contribution in [-0.4, -0.2) is 29.1 Å². The van der Waals surface area contributed by atoms with Crippen molar-refractivity contribution in [2.75, 3.05) is 12.9 Å². The van der Waals surface area contributed by atoms with Gasteiger partial charge in [-0.3, -0.25) is 4.18 Å². The molecule has 3 nitrogen and oxygen atoms in total. The molecule has 13 heavy (non-hydrogen) atoms. The minimum atomic E-state index is -3.34. The highest BCUT2D eigenvalue weighted by molar-refractivity contribution is 7.85. The standard InChI is InChI=1S/C8H17BO3S/c1-4-8(5-2,6-9)7-12-13(3,10)11/h4-7H2,1-3H3. The molecular weight excluding hydrogens is 187 g/mol. The van der Waals surface area contributed by atoms with Crippen molar-refractivity contribution in [2.24, 2.45) is 5.41 Å². The summed E-state index contributed by atoms with van der Waals surface area (Å²) < 4.78 is 26.3. The summed E-state index contributed by atoms with van der Waals surface area (Å²) in [6.45, 7) is 4.17. The molecule has 0 unspecified atom stereocenters. The molecule has 76 valence electrons. The molecular formula is C8H17BO3S. The van der Waals surface area contributed by atoms with Crippen molar-refractivity contribution < 1.29 is 12.6 Å². The lowest BCUT2D eigenvalue weighted by molar-refractivity contribution is 0.159. The molecule has 5 heteroatoms. The molecule has 0 aliphatic rings. The summed E-state index contributed by atoms with van der Waals surface area (Å²) in [5.41, 5.74) is -0.191. The third-order valence-corrected chi connectivity index (χ3v) is 3.06. The molecule has 0 aliphatic carbocycles. The van der Waals surface area contributed by atoms with Crippen LogP contribution in [-0.2, 0) is 14.3 Å². The van der Waals surface area contributed by atoms with Crippen LogP contribution in [0.3, 0.4) is 0 Å². The zero-order valence-corrected chi connectivity index (χ0v) is 9.36. The molecule has 0 aliphatic heterocycles. The van der Waals surface area contributed by atoms with Gasteiger partial charge in [-0.2, -0.15) is 8.42 Å². The van der Waals surface area contributed by atoms with Crippen LogP contribution in [0.4, 0.5) is 0 Å². The summed E-state index contributed by atoms with van der Waals surface area (Å²) in [4.78, 5) is 0. The van der Waals surface area contributed by atoms with Crippen LogP contribution in [0, 0.1) is 5.41 Å². The highest BCUT2D eigenvalue weighted by Gasteiger charge is 2.25. The molecule has 0 aromatic carbocycles. The first-order valence-electron chi connectivity index (χ1n) is 4.43. The molecule has 0 saturated carbocycles. The predicted molar refractivity (Wildman–Crippen MR) is 54.4 cm³/mol. The fourth-order valence-electron chi connectivity index (χ4n) is 1.03. The van der Waals surface area contributed by atoms with Crippen LogP contribution in [0.1, 0.15) is 26.7 Å². The van der Waals surface area contributed by atoms with Crippen LogP contribution < -0.4 is 0 Å². The Hall–Kier alpha value is -0.0251. The van der Waals surface area contributed by atoms with E-state index in [0.29, 0.717) is 6.32 Å². The van der Waals surface area contributed by atoms with Crippen LogP contribution in [0.25, 0.3) is 0 Å². The van der Waals surface area contributed by atoms with Gasteiger partial charge < -0.3 is 0 Å². The molecule has 0 N–H and O–H groups in total. The van der Waals surface area contributed by atoms with Gasteiger partial charge in [0.25, 0.3) is 10.1 Å². The Balaban J connectivity index is 4.27. The molecule has 0 aromatic heterocycles. The van der Waals surface area contributed by atoms with Gasteiger partial charge in [0, 0.05) is 0 Å². The smallest absolute Gasteiger partial charge is 0.264 e. The fraction of sp³-hybridized carbons (Fsp3) is 1.00. The van der Waals surface area contributed by atoms with E-state index >= 15 is 0 Å². The minimum Gasteiger partial charge on any atom is -0.270 e. The van der Waals surface area contributed by atoms with Crippen LogP contribution in [0.5, 0.6) is 0 Å². The van der Waals surface area contributed by atoms with Crippen molar-refractivity contribution >= 4 is 18.0 Å². The first kappa shape index (κ1) is 13.0. The van der Waals surface area contributed by atoms with Crippen molar-refractivity contribution in [3.8, 4) is 0 Å². The molecule has 2 radical (unpaired) electrons. The van der Waals surface area contributed by atoms with Crippen molar-refractivity contribution in [1.29, 1.82) is 0 Å². The van der Waals surface area contributed by atoms with Gasteiger partial charge in [0.1, 0.15) is 0 Å².